The van der Waals surface area contributed by atoms with E-state index in [1.165, 1.54) is 0 Å². The lowest BCUT2D eigenvalue weighted by molar-refractivity contribution is 0.378. The normalized spacial score (nSPS) is 30.8. The van der Waals surface area contributed by atoms with Crippen LogP contribution in [0.3, 0.4) is 0 Å². The van der Waals surface area contributed by atoms with E-state index in [1.807, 2.05) is 4.90 Å². The van der Waals surface area contributed by atoms with Crippen LogP contribution in [0, 0.1) is 0 Å². The predicted octanol–water partition coefficient (Wildman–Crippen LogP) is -0.801. The van der Waals surface area contributed by atoms with Gasteiger partial charge in [0.05, 0.1) is 0 Å². The minimum absolute atomic E-state index is 0.198. The smallest absolute Gasteiger partial charge is 0.167 e. The molecule has 2 atom stereocenters. The first kappa shape index (κ1) is 8.13. The second kappa shape index (κ2) is 3.43. The van der Waals surface area contributed by atoms with Gasteiger partial charge in [-0.1, -0.05) is 0 Å². The zero-order valence-corrected chi connectivity index (χ0v) is 6.51. The van der Waals surface area contributed by atoms with Crippen LogP contribution >= 0.6 is 0 Å². The number of rotatable bonds is 2. The summed E-state index contributed by atoms with van der Waals surface area (Å²) in [5, 5.41) is 0. The highest BCUT2D eigenvalue weighted by molar-refractivity contribution is 7.79. The molecule has 0 aliphatic carbocycles. The van der Waals surface area contributed by atoms with Gasteiger partial charge in [0, 0.05) is 19.1 Å². The summed E-state index contributed by atoms with van der Waals surface area (Å²) in [5.41, 5.74) is 5.58. The Labute approximate surface area is 62.7 Å². The molecule has 1 aliphatic heterocycles. The Morgan fingerprint density at radius 1 is 1.80 bits per heavy atom. The van der Waals surface area contributed by atoms with Crippen molar-refractivity contribution < 1.29 is 8.76 Å². The minimum atomic E-state index is -1.70. The third-order valence-corrected chi connectivity index (χ3v) is 2.19. The van der Waals surface area contributed by atoms with Gasteiger partial charge in [-0.25, -0.2) is 4.21 Å². The molecule has 3 N–H and O–H groups in total. The quantitative estimate of drug-likeness (QED) is 0.524. The van der Waals surface area contributed by atoms with E-state index in [0.29, 0.717) is 0 Å². The van der Waals surface area contributed by atoms with Crippen LogP contribution in [-0.2, 0) is 11.1 Å². The van der Waals surface area contributed by atoms with Gasteiger partial charge in [-0.2, -0.15) is 0 Å². The summed E-state index contributed by atoms with van der Waals surface area (Å²) in [6, 6.07) is 0.198. The number of nitrogens with zero attached hydrogens (tertiary/aromatic N) is 1. The molecule has 1 heterocycles. The minimum Gasteiger partial charge on any atom is -0.326 e. The zero-order valence-electron chi connectivity index (χ0n) is 5.69. The van der Waals surface area contributed by atoms with Crippen molar-refractivity contribution in [3.8, 4) is 0 Å². The van der Waals surface area contributed by atoms with Gasteiger partial charge >= 0.3 is 0 Å². The van der Waals surface area contributed by atoms with E-state index in [4.69, 9.17) is 10.3 Å². The summed E-state index contributed by atoms with van der Waals surface area (Å²) in [6.45, 7) is 1.61. The Morgan fingerprint density at radius 3 is 2.90 bits per heavy atom. The zero-order chi connectivity index (χ0) is 7.56. The Hall–Kier alpha value is 0.0300. The second-order valence-corrected chi connectivity index (χ2v) is 3.48. The maximum Gasteiger partial charge on any atom is 0.167 e. The van der Waals surface area contributed by atoms with Gasteiger partial charge in [0.1, 0.15) is 5.88 Å². The summed E-state index contributed by atoms with van der Waals surface area (Å²) in [5.74, 6) is 0.244. The largest absolute Gasteiger partial charge is 0.326 e. The van der Waals surface area contributed by atoms with Crippen LogP contribution in [0.2, 0.25) is 0 Å². The fourth-order valence-electron chi connectivity index (χ4n) is 1.14. The molecule has 0 saturated carbocycles. The van der Waals surface area contributed by atoms with E-state index < -0.39 is 11.1 Å². The van der Waals surface area contributed by atoms with E-state index in [9.17, 15) is 4.21 Å². The molecular weight excluding hydrogens is 152 g/mol. The van der Waals surface area contributed by atoms with E-state index in [2.05, 4.69) is 0 Å². The van der Waals surface area contributed by atoms with Crippen molar-refractivity contribution in [3.05, 3.63) is 0 Å². The van der Waals surface area contributed by atoms with Gasteiger partial charge in [0.15, 0.2) is 11.1 Å². The number of nitrogens with two attached hydrogens (primary N) is 1. The van der Waals surface area contributed by atoms with Gasteiger partial charge < -0.3 is 10.3 Å². The molecule has 5 heteroatoms. The van der Waals surface area contributed by atoms with Crippen molar-refractivity contribution in [1.29, 1.82) is 0 Å². The monoisotopic (exact) mass is 164 g/mol. The number of likely N-dealkylation sites (tertiary alicyclic amines) is 1. The summed E-state index contributed by atoms with van der Waals surface area (Å²) < 4.78 is 18.8. The van der Waals surface area contributed by atoms with Gasteiger partial charge in [0.25, 0.3) is 0 Å². The molecule has 1 fully saturated rings. The third-order valence-electron chi connectivity index (χ3n) is 1.60. The van der Waals surface area contributed by atoms with E-state index in [-0.39, 0.29) is 11.9 Å². The van der Waals surface area contributed by atoms with Crippen LogP contribution < -0.4 is 5.73 Å². The predicted molar refractivity (Wildman–Crippen MR) is 39.8 cm³/mol. The second-order valence-electron chi connectivity index (χ2n) is 2.58. The summed E-state index contributed by atoms with van der Waals surface area (Å²) in [4.78, 5) is 1.90. The van der Waals surface area contributed by atoms with Gasteiger partial charge in [-0.3, -0.25) is 4.90 Å². The molecule has 10 heavy (non-hydrogen) atoms. The molecule has 1 rings (SSSR count). The van der Waals surface area contributed by atoms with E-state index >= 15 is 0 Å². The molecule has 4 nitrogen and oxygen atoms in total. The topological polar surface area (TPSA) is 66.6 Å². The van der Waals surface area contributed by atoms with Gasteiger partial charge in [-0.05, 0) is 6.42 Å². The van der Waals surface area contributed by atoms with Crippen molar-refractivity contribution in [3.63, 3.8) is 0 Å². The van der Waals surface area contributed by atoms with E-state index in [0.717, 1.165) is 19.5 Å². The van der Waals surface area contributed by atoms with Crippen LogP contribution in [0.5, 0.6) is 0 Å². The van der Waals surface area contributed by atoms with Crippen molar-refractivity contribution in [2.75, 3.05) is 19.0 Å². The van der Waals surface area contributed by atoms with Crippen LogP contribution in [0.4, 0.5) is 0 Å². The highest BCUT2D eigenvalue weighted by atomic mass is 32.2. The standard InChI is InChI=1S/C5H12N2O2S/c6-5-1-2-7(3-5)4-10(8)9/h5H,1-4,6H2,(H,8,9)/t5-/m1/s1. The molecule has 0 aromatic heterocycles. The lowest BCUT2D eigenvalue weighted by atomic mass is 10.3. The first-order chi connectivity index (χ1) is 4.68. The van der Waals surface area contributed by atoms with Crippen molar-refractivity contribution in [1.82, 2.24) is 4.90 Å². The average Bonchev–Trinajstić information content (AvgIpc) is 2.13. The van der Waals surface area contributed by atoms with Crippen molar-refractivity contribution in [2.45, 2.75) is 12.5 Å². The number of hydrogen-bond donors (Lipinski definition) is 2. The SMILES string of the molecule is N[C@@H]1CCN(CS(=O)O)C1. The Morgan fingerprint density at radius 2 is 2.50 bits per heavy atom. The van der Waals surface area contributed by atoms with Gasteiger partial charge in [0.2, 0.25) is 0 Å². The lowest BCUT2D eigenvalue weighted by Crippen LogP contribution is -2.28. The van der Waals surface area contributed by atoms with Crippen LogP contribution in [0.1, 0.15) is 6.42 Å². The Bertz CT molecular complexity index is 142. The maximum absolute atomic E-state index is 10.3. The van der Waals surface area contributed by atoms with Crippen molar-refractivity contribution in [2.24, 2.45) is 5.73 Å². The van der Waals surface area contributed by atoms with Crippen LogP contribution in [-0.4, -0.2) is 38.7 Å². The maximum atomic E-state index is 10.3. The lowest BCUT2D eigenvalue weighted by Gasteiger charge is -2.10. The Balaban J connectivity index is 2.24. The highest BCUT2D eigenvalue weighted by Crippen LogP contribution is 2.05. The van der Waals surface area contributed by atoms with Crippen LogP contribution in [0.15, 0.2) is 0 Å². The molecule has 1 unspecified atom stereocenters. The average molecular weight is 164 g/mol. The molecule has 0 spiro atoms. The Kier molecular flexibility index (Phi) is 2.79. The summed E-state index contributed by atoms with van der Waals surface area (Å²) in [7, 11) is 0. The fraction of sp³-hybridized carbons (Fsp3) is 1.00. The van der Waals surface area contributed by atoms with Crippen LogP contribution in [0.25, 0.3) is 0 Å². The van der Waals surface area contributed by atoms with Crippen molar-refractivity contribution >= 4 is 11.1 Å². The van der Waals surface area contributed by atoms with E-state index in [1.54, 1.807) is 0 Å². The third kappa shape index (κ3) is 2.34. The molecule has 0 amide bonds. The molecule has 60 valence electrons. The summed E-state index contributed by atoms with van der Waals surface area (Å²) >= 11 is -1.70. The molecule has 0 radical (unpaired) electrons. The molecule has 0 bridgehead atoms. The van der Waals surface area contributed by atoms with Gasteiger partial charge in [-0.15, -0.1) is 0 Å². The molecular formula is C5H12N2O2S. The first-order valence-electron chi connectivity index (χ1n) is 3.24. The molecule has 1 aliphatic rings. The first-order valence-corrected chi connectivity index (χ1v) is 4.51. The summed E-state index contributed by atoms with van der Waals surface area (Å²) in [6.07, 6.45) is 0.942. The molecule has 1 saturated heterocycles. The fourth-order valence-corrected chi connectivity index (χ4v) is 1.68. The molecule has 0 aromatic carbocycles. The highest BCUT2D eigenvalue weighted by Gasteiger charge is 2.19. The molecule has 0 aromatic rings. The number of hydrogen-bond acceptors (Lipinski definition) is 3.